The van der Waals surface area contributed by atoms with Gasteiger partial charge in [-0.2, -0.15) is 0 Å². The van der Waals surface area contributed by atoms with Gasteiger partial charge in [0.25, 0.3) is 0 Å². The van der Waals surface area contributed by atoms with Gasteiger partial charge in [0.2, 0.25) is 0 Å². The molecule has 2 rings (SSSR count). The number of aliphatic imine (C=N–C) groups is 1. The van der Waals surface area contributed by atoms with Gasteiger partial charge in [0.1, 0.15) is 5.82 Å². The molecule has 142 valence electrons. The molecule has 25 heavy (non-hydrogen) atoms. The summed E-state index contributed by atoms with van der Waals surface area (Å²) in [6.07, 6.45) is 4.76. The van der Waals surface area contributed by atoms with Crippen molar-refractivity contribution in [3.05, 3.63) is 35.6 Å². The van der Waals surface area contributed by atoms with E-state index >= 15 is 0 Å². The molecule has 0 aliphatic heterocycles. The van der Waals surface area contributed by atoms with E-state index in [1.54, 1.807) is 19.2 Å². The number of guanidine groups is 1. The number of benzene rings is 1. The van der Waals surface area contributed by atoms with Crippen LogP contribution in [0.4, 0.5) is 4.39 Å². The van der Waals surface area contributed by atoms with E-state index in [9.17, 15) is 8.60 Å². The maximum absolute atomic E-state index is 13.6. The van der Waals surface area contributed by atoms with Gasteiger partial charge in [-0.15, -0.1) is 24.0 Å². The first kappa shape index (κ1) is 22.3. The summed E-state index contributed by atoms with van der Waals surface area (Å²) in [6.45, 7) is 2.61. The zero-order valence-corrected chi connectivity index (χ0v) is 18.1. The third-order valence-corrected chi connectivity index (χ3v) is 6.23. The highest BCUT2D eigenvalue weighted by Gasteiger charge is 2.25. The molecule has 0 bridgehead atoms. The molecule has 7 heteroatoms. The number of hydrogen-bond acceptors (Lipinski definition) is 2. The van der Waals surface area contributed by atoms with Crippen LogP contribution < -0.4 is 10.6 Å². The second-order valence-electron chi connectivity index (χ2n) is 6.14. The minimum atomic E-state index is -0.726. The lowest BCUT2D eigenvalue weighted by atomic mass is 9.95. The normalized spacial score (nSPS) is 22.0. The molecule has 1 fully saturated rings. The quantitative estimate of drug-likeness (QED) is 0.373. The predicted molar refractivity (Wildman–Crippen MR) is 115 cm³/mol. The van der Waals surface area contributed by atoms with Crippen molar-refractivity contribution in [3.63, 3.8) is 0 Å². The average molecular weight is 481 g/mol. The number of nitrogens with one attached hydrogen (secondary N) is 2. The molecule has 0 amide bonds. The monoisotopic (exact) mass is 481 g/mol. The van der Waals surface area contributed by atoms with Crippen LogP contribution in [0.15, 0.2) is 29.3 Å². The minimum Gasteiger partial charge on any atom is -0.356 e. The minimum absolute atomic E-state index is 0. The van der Waals surface area contributed by atoms with Crippen LogP contribution in [0.1, 0.15) is 38.2 Å². The van der Waals surface area contributed by atoms with Gasteiger partial charge in [0, 0.05) is 41.4 Å². The number of hydrogen-bond donors (Lipinski definition) is 2. The van der Waals surface area contributed by atoms with Gasteiger partial charge in [0.15, 0.2) is 5.96 Å². The second-order valence-corrected chi connectivity index (χ2v) is 8.15. The Hall–Kier alpha value is -0.700. The van der Waals surface area contributed by atoms with Gasteiger partial charge in [-0.25, -0.2) is 4.39 Å². The van der Waals surface area contributed by atoms with Gasteiger partial charge in [0.05, 0.1) is 0 Å². The van der Waals surface area contributed by atoms with Crippen molar-refractivity contribution in [1.82, 2.24) is 10.6 Å². The van der Waals surface area contributed by atoms with Crippen LogP contribution in [0.3, 0.4) is 0 Å². The lowest BCUT2D eigenvalue weighted by Crippen LogP contribution is -2.47. The Balaban J connectivity index is 0.00000312. The average Bonchev–Trinajstić information content (AvgIpc) is 2.62. The maximum atomic E-state index is 13.6. The van der Waals surface area contributed by atoms with Crippen LogP contribution in [0.2, 0.25) is 0 Å². The predicted octanol–water partition coefficient (Wildman–Crippen LogP) is 3.23. The summed E-state index contributed by atoms with van der Waals surface area (Å²) < 4.78 is 25.6. The topological polar surface area (TPSA) is 53.5 Å². The first-order chi connectivity index (χ1) is 11.6. The van der Waals surface area contributed by atoms with Crippen LogP contribution in [-0.4, -0.2) is 40.8 Å². The molecule has 4 nitrogen and oxygen atoms in total. The molecular weight excluding hydrogens is 452 g/mol. The Labute approximate surface area is 169 Å². The van der Waals surface area contributed by atoms with Crippen molar-refractivity contribution in [2.24, 2.45) is 4.99 Å². The summed E-state index contributed by atoms with van der Waals surface area (Å²) in [6, 6.07) is 7.14. The van der Waals surface area contributed by atoms with E-state index in [-0.39, 0.29) is 35.0 Å². The zero-order chi connectivity index (χ0) is 17.4. The Morgan fingerprint density at radius 1 is 1.36 bits per heavy atom. The molecule has 3 atom stereocenters. The van der Waals surface area contributed by atoms with Gasteiger partial charge in [-0.05, 0) is 37.3 Å². The molecule has 0 radical (unpaired) electrons. The summed E-state index contributed by atoms with van der Waals surface area (Å²) >= 11 is 0. The zero-order valence-electron chi connectivity index (χ0n) is 15.0. The number of rotatable bonds is 6. The summed E-state index contributed by atoms with van der Waals surface area (Å²) in [5.74, 6) is 1.30. The van der Waals surface area contributed by atoms with Crippen molar-refractivity contribution in [2.75, 3.05) is 19.3 Å². The molecule has 1 saturated carbocycles. The van der Waals surface area contributed by atoms with Crippen molar-refractivity contribution < 1.29 is 8.60 Å². The Morgan fingerprint density at radius 2 is 2.12 bits per heavy atom. The highest BCUT2D eigenvalue weighted by Crippen LogP contribution is 2.22. The van der Waals surface area contributed by atoms with E-state index in [1.807, 2.05) is 13.0 Å². The molecule has 1 aromatic rings. The third kappa shape index (κ3) is 7.21. The Bertz CT molecular complexity index is 585. The van der Waals surface area contributed by atoms with Gasteiger partial charge in [-0.1, -0.05) is 31.5 Å². The van der Waals surface area contributed by atoms with Gasteiger partial charge >= 0.3 is 0 Å². The van der Waals surface area contributed by atoms with E-state index in [4.69, 9.17) is 0 Å². The van der Waals surface area contributed by atoms with E-state index in [2.05, 4.69) is 15.6 Å². The van der Waals surface area contributed by atoms with E-state index in [0.717, 1.165) is 37.4 Å². The molecule has 1 aromatic carbocycles. The second kappa shape index (κ2) is 11.8. The fourth-order valence-corrected chi connectivity index (χ4v) is 4.50. The molecule has 0 heterocycles. The fourth-order valence-electron chi connectivity index (χ4n) is 3.16. The van der Waals surface area contributed by atoms with E-state index < -0.39 is 10.8 Å². The lowest BCUT2D eigenvalue weighted by molar-refractivity contribution is 0.413. The van der Waals surface area contributed by atoms with Crippen LogP contribution in [0.5, 0.6) is 0 Å². The smallest absolute Gasteiger partial charge is 0.191 e. The van der Waals surface area contributed by atoms with Gasteiger partial charge < -0.3 is 10.6 Å². The van der Waals surface area contributed by atoms with E-state index in [0.29, 0.717) is 24.6 Å². The van der Waals surface area contributed by atoms with Crippen LogP contribution >= 0.6 is 24.0 Å². The first-order valence-corrected chi connectivity index (χ1v) is 10.1. The molecular formula is C18H29FIN3OS. The summed E-state index contributed by atoms with van der Waals surface area (Å²) in [4.78, 5) is 4.25. The van der Waals surface area contributed by atoms with Crippen molar-refractivity contribution in [2.45, 2.75) is 50.3 Å². The molecule has 0 aromatic heterocycles. The molecule has 1 aliphatic rings. The van der Waals surface area contributed by atoms with Crippen LogP contribution in [0.25, 0.3) is 0 Å². The standard InChI is InChI=1S/C18H28FN3OS.HI/c1-3-24(23)16-9-6-8-15(13-16)22-18(20-2)21-12-11-14-7-4-5-10-17(14)19;/h4-5,7,10,15-16H,3,6,8-9,11-13H2,1-2H3,(H2,20,21,22);1H. The molecule has 2 N–H and O–H groups in total. The van der Waals surface area contributed by atoms with Crippen molar-refractivity contribution in [1.29, 1.82) is 0 Å². The van der Waals surface area contributed by atoms with Crippen molar-refractivity contribution >= 4 is 40.7 Å². The molecule has 0 spiro atoms. The van der Waals surface area contributed by atoms with Gasteiger partial charge in [-0.3, -0.25) is 9.20 Å². The SMILES string of the molecule is CCS(=O)C1CCCC(NC(=NC)NCCc2ccccc2F)C1.I. The summed E-state index contributed by atoms with van der Waals surface area (Å²) in [5.41, 5.74) is 0.705. The Kier molecular flexibility index (Phi) is 10.6. The van der Waals surface area contributed by atoms with Crippen LogP contribution in [-0.2, 0) is 17.2 Å². The number of nitrogens with zero attached hydrogens (tertiary/aromatic N) is 1. The highest BCUT2D eigenvalue weighted by atomic mass is 127. The third-order valence-electron chi connectivity index (χ3n) is 4.49. The van der Waals surface area contributed by atoms with E-state index in [1.165, 1.54) is 6.07 Å². The summed E-state index contributed by atoms with van der Waals surface area (Å²) in [5, 5.41) is 6.96. The fraction of sp³-hybridized carbons (Fsp3) is 0.611. The lowest BCUT2D eigenvalue weighted by Gasteiger charge is -2.30. The Morgan fingerprint density at radius 3 is 2.80 bits per heavy atom. The maximum Gasteiger partial charge on any atom is 0.191 e. The molecule has 3 unspecified atom stereocenters. The highest BCUT2D eigenvalue weighted by molar-refractivity contribution is 14.0. The summed E-state index contributed by atoms with van der Waals surface area (Å²) in [7, 11) is 1.01. The largest absolute Gasteiger partial charge is 0.356 e. The van der Waals surface area contributed by atoms with Crippen LogP contribution in [0, 0.1) is 5.82 Å². The first-order valence-electron chi connectivity index (χ1n) is 8.71. The molecule has 0 saturated heterocycles. The number of halogens is 2. The van der Waals surface area contributed by atoms with Crippen molar-refractivity contribution in [3.8, 4) is 0 Å². The molecule has 1 aliphatic carbocycles.